The number of fused-ring (bicyclic) bond motifs is 1. The van der Waals surface area contributed by atoms with Crippen molar-refractivity contribution in [1.82, 2.24) is 10.6 Å². The Kier molecular flexibility index (Phi) is 6.51. The Labute approximate surface area is 166 Å². The van der Waals surface area contributed by atoms with Crippen LogP contribution in [0.4, 0.5) is 0 Å². The molecule has 1 aliphatic rings. The van der Waals surface area contributed by atoms with Gasteiger partial charge in [0.2, 0.25) is 6.79 Å². The molecule has 0 aromatic heterocycles. The molecule has 1 heterocycles. The van der Waals surface area contributed by atoms with Gasteiger partial charge in [0.05, 0.1) is 7.11 Å². The third-order valence-corrected chi connectivity index (χ3v) is 4.06. The van der Waals surface area contributed by atoms with E-state index in [0.29, 0.717) is 22.8 Å². The molecule has 0 aliphatic carbocycles. The number of esters is 1. The number of methoxy groups -OCH3 is 1. The van der Waals surface area contributed by atoms with Crippen LogP contribution < -0.4 is 24.8 Å². The van der Waals surface area contributed by atoms with Gasteiger partial charge in [0.15, 0.2) is 18.1 Å². The van der Waals surface area contributed by atoms with E-state index in [9.17, 15) is 14.4 Å². The molecule has 29 heavy (non-hydrogen) atoms. The standard InChI is InChI=1S/C20H20N2O7/c1-26-15-5-3-2-4-14(15)9-21-18(23)11-27-19(24)10-22-20(25)13-6-7-16-17(8-13)29-12-28-16/h2-8H,9-12H2,1H3,(H,21,23)(H,22,25). The third-order valence-electron chi connectivity index (χ3n) is 4.06. The number of rotatable bonds is 8. The summed E-state index contributed by atoms with van der Waals surface area (Å²) in [6.45, 7) is -0.478. The third kappa shape index (κ3) is 5.38. The van der Waals surface area contributed by atoms with E-state index in [2.05, 4.69) is 10.6 Å². The van der Waals surface area contributed by atoms with Gasteiger partial charge >= 0.3 is 5.97 Å². The molecule has 2 N–H and O–H groups in total. The molecule has 0 bridgehead atoms. The predicted molar refractivity (Wildman–Crippen MR) is 101 cm³/mol. The van der Waals surface area contributed by atoms with Crippen molar-refractivity contribution in [1.29, 1.82) is 0 Å². The first-order chi connectivity index (χ1) is 14.1. The lowest BCUT2D eigenvalue weighted by Gasteiger charge is -2.10. The van der Waals surface area contributed by atoms with E-state index >= 15 is 0 Å². The van der Waals surface area contributed by atoms with Crippen molar-refractivity contribution in [3.8, 4) is 17.2 Å². The summed E-state index contributed by atoms with van der Waals surface area (Å²) in [6, 6.07) is 11.9. The number of ether oxygens (including phenoxy) is 4. The Bertz CT molecular complexity index is 913. The molecule has 2 amide bonds. The van der Waals surface area contributed by atoms with Crippen LogP contribution in [0.1, 0.15) is 15.9 Å². The zero-order valence-electron chi connectivity index (χ0n) is 15.7. The maximum Gasteiger partial charge on any atom is 0.325 e. The molecular weight excluding hydrogens is 380 g/mol. The summed E-state index contributed by atoms with van der Waals surface area (Å²) in [5.74, 6) is 0.00169. The molecule has 0 radical (unpaired) electrons. The van der Waals surface area contributed by atoms with Crippen molar-refractivity contribution in [2.24, 2.45) is 0 Å². The minimum atomic E-state index is -0.730. The van der Waals surface area contributed by atoms with E-state index in [4.69, 9.17) is 18.9 Å². The molecule has 0 saturated heterocycles. The maximum absolute atomic E-state index is 12.1. The molecule has 1 aliphatic heterocycles. The molecule has 2 aromatic rings. The second-order valence-corrected chi connectivity index (χ2v) is 6.00. The van der Waals surface area contributed by atoms with Crippen LogP contribution in [0.5, 0.6) is 17.2 Å². The summed E-state index contributed by atoms with van der Waals surface area (Å²) in [5, 5.41) is 5.06. The lowest BCUT2D eigenvalue weighted by molar-refractivity contribution is -0.147. The van der Waals surface area contributed by atoms with Crippen LogP contribution >= 0.6 is 0 Å². The summed E-state index contributed by atoms with van der Waals surface area (Å²) in [6.07, 6.45) is 0. The van der Waals surface area contributed by atoms with Crippen LogP contribution in [0.3, 0.4) is 0 Å². The predicted octanol–water partition coefficient (Wildman–Crippen LogP) is 1.01. The van der Waals surface area contributed by atoms with E-state index in [-0.39, 0.29) is 19.9 Å². The van der Waals surface area contributed by atoms with Gasteiger partial charge in [0.25, 0.3) is 11.8 Å². The summed E-state index contributed by atoms with van der Waals surface area (Å²) >= 11 is 0. The zero-order valence-corrected chi connectivity index (χ0v) is 15.7. The molecule has 152 valence electrons. The average Bonchev–Trinajstić information content (AvgIpc) is 3.22. The monoisotopic (exact) mass is 400 g/mol. The fourth-order valence-corrected chi connectivity index (χ4v) is 2.58. The van der Waals surface area contributed by atoms with Gasteiger partial charge in [-0.2, -0.15) is 0 Å². The summed E-state index contributed by atoms with van der Waals surface area (Å²) in [5.41, 5.74) is 1.11. The van der Waals surface area contributed by atoms with Gasteiger partial charge in [-0.3, -0.25) is 14.4 Å². The molecule has 9 nitrogen and oxygen atoms in total. The van der Waals surface area contributed by atoms with Gasteiger partial charge < -0.3 is 29.6 Å². The highest BCUT2D eigenvalue weighted by atomic mass is 16.7. The zero-order chi connectivity index (χ0) is 20.6. The molecule has 3 rings (SSSR count). The molecule has 0 fully saturated rings. The van der Waals surface area contributed by atoms with Gasteiger partial charge in [-0.05, 0) is 24.3 Å². The summed E-state index contributed by atoms with van der Waals surface area (Å²) in [4.78, 5) is 35.7. The van der Waals surface area contributed by atoms with Crippen LogP contribution in [0, 0.1) is 0 Å². The van der Waals surface area contributed by atoms with Crippen molar-refractivity contribution in [3.05, 3.63) is 53.6 Å². The normalized spacial score (nSPS) is 11.5. The van der Waals surface area contributed by atoms with Crippen LogP contribution in [-0.2, 0) is 20.9 Å². The quantitative estimate of drug-likeness (QED) is 0.636. The largest absolute Gasteiger partial charge is 0.496 e. The van der Waals surface area contributed by atoms with Crippen LogP contribution in [0.25, 0.3) is 0 Å². The molecule has 2 aromatic carbocycles. The van der Waals surface area contributed by atoms with E-state index in [1.807, 2.05) is 18.2 Å². The van der Waals surface area contributed by atoms with Crippen LogP contribution in [0.15, 0.2) is 42.5 Å². The Morgan fingerprint density at radius 2 is 1.83 bits per heavy atom. The van der Waals surface area contributed by atoms with Gasteiger partial charge in [-0.15, -0.1) is 0 Å². The second kappa shape index (κ2) is 9.45. The Morgan fingerprint density at radius 3 is 2.66 bits per heavy atom. The number of hydrogen-bond donors (Lipinski definition) is 2. The molecule has 9 heteroatoms. The smallest absolute Gasteiger partial charge is 0.325 e. The second-order valence-electron chi connectivity index (χ2n) is 6.00. The van der Waals surface area contributed by atoms with Gasteiger partial charge in [0, 0.05) is 17.7 Å². The average molecular weight is 400 g/mol. The molecule has 0 spiro atoms. The van der Waals surface area contributed by atoms with Crippen molar-refractivity contribution >= 4 is 17.8 Å². The Morgan fingerprint density at radius 1 is 1.03 bits per heavy atom. The van der Waals surface area contributed by atoms with E-state index < -0.39 is 24.4 Å². The minimum Gasteiger partial charge on any atom is -0.496 e. The number of nitrogens with one attached hydrogen (secondary N) is 2. The highest BCUT2D eigenvalue weighted by Crippen LogP contribution is 2.32. The minimum absolute atomic E-state index is 0.103. The summed E-state index contributed by atoms with van der Waals surface area (Å²) < 4.78 is 20.4. The fraction of sp³-hybridized carbons (Fsp3) is 0.250. The van der Waals surface area contributed by atoms with E-state index in [1.165, 1.54) is 6.07 Å². The number of benzene rings is 2. The number of carbonyl (C=O) groups excluding carboxylic acids is 3. The van der Waals surface area contributed by atoms with Crippen LogP contribution in [-0.4, -0.2) is 44.8 Å². The summed E-state index contributed by atoms with van der Waals surface area (Å²) in [7, 11) is 1.54. The lowest BCUT2D eigenvalue weighted by Crippen LogP contribution is -2.33. The Balaban J connectivity index is 1.38. The van der Waals surface area contributed by atoms with Crippen molar-refractivity contribution in [3.63, 3.8) is 0 Å². The molecule has 0 atom stereocenters. The number of amides is 2. The SMILES string of the molecule is COc1ccccc1CNC(=O)COC(=O)CNC(=O)c1ccc2c(c1)OCO2. The molecule has 0 unspecified atom stereocenters. The number of hydrogen-bond acceptors (Lipinski definition) is 7. The van der Waals surface area contributed by atoms with Gasteiger partial charge in [0.1, 0.15) is 12.3 Å². The first-order valence-electron chi connectivity index (χ1n) is 8.79. The number of para-hydroxylation sites is 1. The van der Waals surface area contributed by atoms with Crippen molar-refractivity contribution in [2.75, 3.05) is 27.1 Å². The highest BCUT2D eigenvalue weighted by molar-refractivity contribution is 5.96. The van der Waals surface area contributed by atoms with Gasteiger partial charge in [-0.1, -0.05) is 18.2 Å². The first-order valence-corrected chi connectivity index (χ1v) is 8.79. The van der Waals surface area contributed by atoms with Crippen molar-refractivity contribution in [2.45, 2.75) is 6.54 Å². The highest BCUT2D eigenvalue weighted by Gasteiger charge is 2.17. The Hall–Kier alpha value is -3.75. The van der Waals surface area contributed by atoms with Gasteiger partial charge in [-0.25, -0.2) is 0 Å². The topological polar surface area (TPSA) is 112 Å². The number of carbonyl (C=O) groups is 3. The maximum atomic E-state index is 12.1. The fourth-order valence-electron chi connectivity index (χ4n) is 2.58. The molecule has 0 saturated carbocycles. The van der Waals surface area contributed by atoms with E-state index in [1.54, 1.807) is 25.3 Å². The molecular formula is C20H20N2O7. The van der Waals surface area contributed by atoms with Crippen molar-refractivity contribution < 1.29 is 33.3 Å². The van der Waals surface area contributed by atoms with Crippen LogP contribution in [0.2, 0.25) is 0 Å². The lowest BCUT2D eigenvalue weighted by atomic mass is 10.2. The first kappa shape index (κ1) is 20.0. The van der Waals surface area contributed by atoms with E-state index in [0.717, 1.165) is 5.56 Å².